The molecule has 1 aromatic carbocycles. The molecule has 14 heavy (non-hydrogen) atoms. The van der Waals surface area contributed by atoms with Crippen molar-refractivity contribution in [3.05, 3.63) is 35.4 Å². The average molecular weight is 204 g/mol. The van der Waals surface area contributed by atoms with Crippen LogP contribution in [0.3, 0.4) is 0 Å². The standard InChI is InChI=1S/C8H6O5.Na/c9-7(10)5-3-1-2-4-6(5)8(11)13-12;/h1-4,12H,(H,9,10);/q;+1/p-1. The fourth-order valence-electron chi connectivity index (χ4n) is 0.888. The van der Waals surface area contributed by atoms with Crippen LogP contribution in [0.15, 0.2) is 24.3 Å². The molecule has 6 heteroatoms. The minimum Gasteiger partial charge on any atom is -0.545 e. The molecule has 0 fully saturated rings. The quantitative estimate of drug-likeness (QED) is 0.309. The van der Waals surface area contributed by atoms with Gasteiger partial charge in [-0.3, -0.25) is 4.89 Å². The minimum atomic E-state index is -1.50. The Morgan fingerprint density at radius 3 is 2.14 bits per heavy atom. The second-order valence-corrected chi connectivity index (χ2v) is 2.21. The van der Waals surface area contributed by atoms with Gasteiger partial charge in [0, 0.05) is 5.56 Å². The number of rotatable bonds is 2. The fourth-order valence-corrected chi connectivity index (χ4v) is 0.888. The van der Waals surface area contributed by atoms with Crippen LogP contribution in [-0.2, 0) is 4.89 Å². The summed E-state index contributed by atoms with van der Waals surface area (Å²) in [6.07, 6.45) is 0. The van der Waals surface area contributed by atoms with E-state index in [1.807, 2.05) is 0 Å². The van der Waals surface area contributed by atoms with Gasteiger partial charge in [-0.05, 0) is 6.07 Å². The van der Waals surface area contributed by atoms with Crippen molar-refractivity contribution in [1.82, 2.24) is 0 Å². The van der Waals surface area contributed by atoms with Gasteiger partial charge in [-0.25, -0.2) is 4.79 Å². The van der Waals surface area contributed by atoms with Gasteiger partial charge in [-0.15, -0.1) is 0 Å². The Balaban J connectivity index is 0.00000169. The number of hydrogen-bond acceptors (Lipinski definition) is 5. The summed E-state index contributed by atoms with van der Waals surface area (Å²) in [4.78, 5) is 24.6. The van der Waals surface area contributed by atoms with Crippen LogP contribution < -0.4 is 34.7 Å². The Hall–Kier alpha value is -0.880. The van der Waals surface area contributed by atoms with Crippen molar-refractivity contribution in [3.63, 3.8) is 0 Å². The predicted octanol–water partition coefficient (Wildman–Crippen LogP) is -3.32. The smallest absolute Gasteiger partial charge is 0.545 e. The zero-order chi connectivity index (χ0) is 9.84. The molecule has 0 aliphatic rings. The van der Waals surface area contributed by atoms with Crippen LogP contribution in [0.25, 0.3) is 0 Å². The van der Waals surface area contributed by atoms with E-state index in [4.69, 9.17) is 5.26 Å². The molecule has 0 aromatic heterocycles. The van der Waals surface area contributed by atoms with E-state index < -0.39 is 11.9 Å². The molecule has 68 valence electrons. The summed E-state index contributed by atoms with van der Waals surface area (Å²) in [5.41, 5.74) is -0.563. The van der Waals surface area contributed by atoms with E-state index in [0.717, 1.165) is 0 Å². The first-order valence-corrected chi connectivity index (χ1v) is 3.33. The van der Waals surface area contributed by atoms with Crippen molar-refractivity contribution in [2.24, 2.45) is 0 Å². The minimum absolute atomic E-state index is 0. The molecule has 5 nitrogen and oxygen atoms in total. The Labute approximate surface area is 102 Å². The summed E-state index contributed by atoms with van der Waals surface area (Å²) in [5.74, 6) is -2.62. The predicted molar refractivity (Wildman–Crippen MR) is 38.8 cm³/mol. The van der Waals surface area contributed by atoms with E-state index in [-0.39, 0.29) is 40.7 Å². The van der Waals surface area contributed by atoms with Crippen molar-refractivity contribution in [1.29, 1.82) is 0 Å². The third-order valence-electron chi connectivity index (χ3n) is 1.45. The first-order chi connectivity index (χ1) is 6.16. The molecule has 0 unspecified atom stereocenters. The van der Waals surface area contributed by atoms with Crippen LogP contribution in [0.4, 0.5) is 0 Å². The van der Waals surface area contributed by atoms with Gasteiger partial charge in [0.1, 0.15) is 0 Å². The van der Waals surface area contributed by atoms with Gasteiger partial charge in [0.15, 0.2) is 0 Å². The van der Waals surface area contributed by atoms with Gasteiger partial charge in [0.05, 0.1) is 11.5 Å². The van der Waals surface area contributed by atoms with E-state index >= 15 is 0 Å². The molecule has 1 N–H and O–H groups in total. The van der Waals surface area contributed by atoms with E-state index in [1.165, 1.54) is 24.3 Å². The molecule has 0 bridgehead atoms. The second-order valence-electron chi connectivity index (χ2n) is 2.21. The van der Waals surface area contributed by atoms with Gasteiger partial charge in [-0.1, -0.05) is 18.2 Å². The molecule has 0 heterocycles. The van der Waals surface area contributed by atoms with Gasteiger partial charge in [-0.2, -0.15) is 5.26 Å². The van der Waals surface area contributed by atoms with Crippen LogP contribution in [0.1, 0.15) is 20.7 Å². The van der Waals surface area contributed by atoms with Crippen LogP contribution in [-0.4, -0.2) is 17.2 Å². The maximum absolute atomic E-state index is 10.8. The molecule has 1 rings (SSSR count). The van der Waals surface area contributed by atoms with Crippen LogP contribution in [0.5, 0.6) is 0 Å². The maximum Gasteiger partial charge on any atom is 1.00 e. The van der Waals surface area contributed by atoms with Crippen LogP contribution in [0.2, 0.25) is 0 Å². The van der Waals surface area contributed by atoms with E-state index in [0.29, 0.717) is 0 Å². The summed E-state index contributed by atoms with van der Waals surface area (Å²) in [6.45, 7) is 0. The summed E-state index contributed by atoms with van der Waals surface area (Å²) >= 11 is 0. The van der Waals surface area contributed by atoms with Crippen LogP contribution >= 0.6 is 0 Å². The third kappa shape index (κ3) is 2.81. The zero-order valence-electron chi connectivity index (χ0n) is 7.39. The average Bonchev–Trinajstić information content (AvgIpc) is 2.16. The number of carbonyl (C=O) groups is 2. The Morgan fingerprint density at radius 2 is 1.71 bits per heavy atom. The summed E-state index contributed by atoms with van der Waals surface area (Å²) in [7, 11) is 0. The first kappa shape index (κ1) is 13.1. The number of carboxylic acids is 1. The number of aromatic carboxylic acids is 1. The van der Waals surface area contributed by atoms with Crippen molar-refractivity contribution < 1.29 is 54.4 Å². The van der Waals surface area contributed by atoms with Gasteiger partial charge >= 0.3 is 35.5 Å². The molecule has 1 aromatic rings. The van der Waals surface area contributed by atoms with E-state index in [2.05, 4.69) is 4.89 Å². The largest absolute Gasteiger partial charge is 1.00 e. The van der Waals surface area contributed by atoms with E-state index in [9.17, 15) is 14.7 Å². The molecule has 0 saturated carbocycles. The SMILES string of the molecule is O=C([O-])c1ccccc1C(=O)OO.[Na+]. The van der Waals surface area contributed by atoms with Crippen molar-refractivity contribution in [2.75, 3.05) is 0 Å². The molecule has 0 radical (unpaired) electrons. The summed E-state index contributed by atoms with van der Waals surface area (Å²) < 4.78 is 0. The summed E-state index contributed by atoms with van der Waals surface area (Å²) in [5, 5.41) is 18.5. The molecule has 0 aliphatic carbocycles. The van der Waals surface area contributed by atoms with Crippen molar-refractivity contribution in [2.45, 2.75) is 0 Å². The molecule has 0 atom stereocenters. The monoisotopic (exact) mass is 204 g/mol. The number of benzene rings is 1. The maximum atomic E-state index is 10.8. The number of carbonyl (C=O) groups excluding carboxylic acids is 2. The van der Waals surface area contributed by atoms with Crippen LogP contribution in [0, 0.1) is 0 Å². The van der Waals surface area contributed by atoms with Gasteiger partial charge < -0.3 is 9.90 Å². The summed E-state index contributed by atoms with van der Waals surface area (Å²) in [6, 6.07) is 5.27. The molecular weight excluding hydrogens is 199 g/mol. The topological polar surface area (TPSA) is 86.7 Å². The zero-order valence-corrected chi connectivity index (χ0v) is 9.39. The Kier molecular flexibility index (Phi) is 5.40. The molecular formula is C8H5NaO5. The number of carboxylic acid groups (broad SMARTS) is 1. The molecule has 0 saturated heterocycles. The fraction of sp³-hybridized carbons (Fsp3) is 0. The Bertz CT molecular complexity index is 349. The van der Waals surface area contributed by atoms with Crippen molar-refractivity contribution in [3.8, 4) is 0 Å². The van der Waals surface area contributed by atoms with Gasteiger partial charge in [0.25, 0.3) is 0 Å². The number of hydrogen-bond donors (Lipinski definition) is 1. The van der Waals surface area contributed by atoms with Gasteiger partial charge in [0.2, 0.25) is 0 Å². The second kappa shape index (κ2) is 5.77. The first-order valence-electron chi connectivity index (χ1n) is 3.33. The molecule has 0 spiro atoms. The normalized spacial score (nSPS) is 8.64. The van der Waals surface area contributed by atoms with Crippen molar-refractivity contribution >= 4 is 11.9 Å². The molecule has 0 aliphatic heterocycles. The third-order valence-corrected chi connectivity index (χ3v) is 1.45. The molecule has 0 amide bonds. The Morgan fingerprint density at radius 1 is 1.21 bits per heavy atom. The van der Waals surface area contributed by atoms with E-state index in [1.54, 1.807) is 0 Å².